The third-order valence-electron chi connectivity index (χ3n) is 8.02. The normalized spacial score (nSPS) is 31.2. The number of hydrogen-bond donors (Lipinski definition) is 1. The molecular formula is C28H36N2O6. The van der Waals surface area contributed by atoms with E-state index in [0.717, 1.165) is 16.8 Å². The quantitative estimate of drug-likeness (QED) is 0.417. The number of carbonyl (C=O) groups excluding carboxylic acids is 3. The molecule has 4 rings (SSSR count). The number of ether oxygens (including phenoxy) is 2. The molecule has 194 valence electrons. The van der Waals surface area contributed by atoms with Gasteiger partial charge in [0, 0.05) is 12.2 Å². The summed E-state index contributed by atoms with van der Waals surface area (Å²) in [6.07, 6.45) is 4.09. The van der Waals surface area contributed by atoms with E-state index < -0.39 is 41.1 Å². The summed E-state index contributed by atoms with van der Waals surface area (Å²) < 4.78 is 12.0. The Kier molecular flexibility index (Phi) is 6.88. The topological polar surface area (TPSA) is 96.4 Å². The molecule has 1 N–H and O–H groups in total. The number of anilines is 1. The standard InChI is InChI=1S/C28H36N2O6/c1-7-13-29(20-15-17(3)9-10-18(20)4)25(33)23-28-12-11-27(6,36-28)22(26(34)35-14-8-2)21(28)24(32)30(23)19(5)16-31/h7-10,15,19,21-23,31H,1-2,11-14,16H2,3-6H3/t19-,21+,22-,23?,27+,28?/m1/s1. The molecule has 3 aliphatic heterocycles. The highest BCUT2D eigenvalue weighted by atomic mass is 16.6. The van der Waals surface area contributed by atoms with Crippen LogP contribution in [0.15, 0.2) is 43.5 Å². The van der Waals surface area contributed by atoms with Crippen LogP contribution in [-0.4, -0.2) is 70.8 Å². The highest BCUT2D eigenvalue weighted by Crippen LogP contribution is 2.63. The fourth-order valence-electron chi connectivity index (χ4n) is 6.39. The van der Waals surface area contributed by atoms with Crippen molar-refractivity contribution >= 4 is 23.5 Å². The summed E-state index contributed by atoms with van der Waals surface area (Å²) in [7, 11) is 0. The van der Waals surface area contributed by atoms with Crippen molar-refractivity contribution in [2.45, 2.75) is 63.8 Å². The van der Waals surface area contributed by atoms with Gasteiger partial charge in [-0.2, -0.15) is 0 Å². The van der Waals surface area contributed by atoms with E-state index >= 15 is 0 Å². The SMILES string of the molecule is C=CCOC(=O)[C@H]1[C@H]2C(=O)N([C@H](C)CO)C(C(=O)N(CC=C)c3cc(C)ccc3C)C23CC[C@]1(C)O3. The molecule has 2 amide bonds. The molecule has 0 saturated carbocycles. The fourth-order valence-corrected chi connectivity index (χ4v) is 6.39. The van der Waals surface area contributed by atoms with Gasteiger partial charge in [0.2, 0.25) is 5.91 Å². The predicted molar refractivity (Wildman–Crippen MR) is 135 cm³/mol. The number of benzene rings is 1. The lowest BCUT2D eigenvalue weighted by Gasteiger charge is -2.39. The zero-order valence-corrected chi connectivity index (χ0v) is 21.5. The van der Waals surface area contributed by atoms with Crippen molar-refractivity contribution in [1.29, 1.82) is 0 Å². The summed E-state index contributed by atoms with van der Waals surface area (Å²) in [5.41, 5.74) is 0.511. The third kappa shape index (κ3) is 3.78. The Morgan fingerprint density at radius 2 is 2.03 bits per heavy atom. The number of aliphatic hydroxyl groups excluding tert-OH is 1. The maximum atomic E-state index is 14.4. The van der Waals surface area contributed by atoms with Gasteiger partial charge in [0.05, 0.1) is 24.2 Å². The van der Waals surface area contributed by atoms with E-state index in [4.69, 9.17) is 9.47 Å². The Labute approximate surface area is 212 Å². The highest BCUT2D eigenvalue weighted by molar-refractivity contribution is 6.05. The summed E-state index contributed by atoms with van der Waals surface area (Å²) in [6, 6.07) is 4.22. The largest absolute Gasteiger partial charge is 0.461 e. The highest BCUT2D eigenvalue weighted by Gasteiger charge is 2.79. The average molecular weight is 497 g/mol. The molecule has 2 unspecified atom stereocenters. The van der Waals surface area contributed by atoms with Crippen molar-refractivity contribution < 1.29 is 29.0 Å². The molecule has 0 aliphatic carbocycles. The molecule has 3 aliphatic rings. The monoisotopic (exact) mass is 496 g/mol. The van der Waals surface area contributed by atoms with Gasteiger partial charge >= 0.3 is 5.97 Å². The van der Waals surface area contributed by atoms with E-state index in [2.05, 4.69) is 13.2 Å². The van der Waals surface area contributed by atoms with E-state index in [1.807, 2.05) is 39.0 Å². The number of likely N-dealkylation sites (tertiary alicyclic amines) is 1. The molecule has 2 bridgehead atoms. The van der Waals surface area contributed by atoms with Crippen LogP contribution < -0.4 is 4.90 Å². The number of rotatable bonds is 9. The van der Waals surface area contributed by atoms with Crippen LogP contribution >= 0.6 is 0 Å². The minimum absolute atomic E-state index is 0.0260. The van der Waals surface area contributed by atoms with Crippen molar-refractivity contribution in [3.63, 3.8) is 0 Å². The van der Waals surface area contributed by atoms with Crippen LogP contribution in [-0.2, 0) is 23.9 Å². The summed E-state index contributed by atoms with van der Waals surface area (Å²) in [6.45, 7) is 14.8. The van der Waals surface area contributed by atoms with Gasteiger partial charge in [-0.05, 0) is 57.7 Å². The van der Waals surface area contributed by atoms with Crippen LogP contribution in [0.1, 0.15) is 37.8 Å². The van der Waals surface area contributed by atoms with Crippen molar-refractivity contribution in [3.8, 4) is 0 Å². The minimum Gasteiger partial charge on any atom is -0.461 e. The van der Waals surface area contributed by atoms with Gasteiger partial charge < -0.3 is 24.4 Å². The van der Waals surface area contributed by atoms with Gasteiger partial charge in [-0.15, -0.1) is 6.58 Å². The summed E-state index contributed by atoms with van der Waals surface area (Å²) >= 11 is 0. The number of hydrogen-bond acceptors (Lipinski definition) is 6. The minimum atomic E-state index is -1.19. The van der Waals surface area contributed by atoms with Crippen LogP contribution in [0.5, 0.6) is 0 Å². The molecule has 1 spiro atoms. The van der Waals surface area contributed by atoms with Crippen molar-refractivity contribution in [3.05, 3.63) is 54.6 Å². The molecule has 0 aromatic heterocycles. The zero-order chi connectivity index (χ0) is 26.4. The molecule has 1 aromatic rings. The van der Waals surface area contributed by atoms with E-state index in [1.54, 1.807) is 17.9 Å². The first-order valence-electron chi connectivity index (χ1n) is 12.5. The number of fused-ring (bicyclic) bond motifs is 1. The van der Waals surface area contributed by atoms with E-state index in [1.165, 1.54) is 11.0 Å². The second kappa shape index (κ2) is 9.48. The Bertz CT molecular complexity index is 1100. The van der Waals surface area contributed by atoms with Crippen molar-refractivity contribution in [2.24, 2.45) is 11.8 Å². The Balaban J connectivity index is 1.83. The lowest BCUT2D eigenvalue weighted by molar-refractivity contribution is -0.159. The molecular weight excluding hydrogens is 460 g/mol. The summed E-state index contributed by atoms with van der Waals surface area (Å²) in [5, 5.41) is 10.0. The number of aryl methyl sites for hydroxylation is 2. The second-order valence-electron chi connectivity index (χ2n) is 10.5. The molecule has 3 fully saturated rings. The zero-order valence-electron chi connectivity index (χ0n) is 21.5. The van der Waals surface area contributed by atoms with Gasteiger partial charge in [-0.3, -0.25) is 14.4 Å². The van der Waals surface area contributed by atoms with Gasteiger partial charge in [0.25, 0.3) is 5.91 Å². The van der Waals surface area contributed by atoms with Crippen LogP contribution in [0.4, 0.5) is 5.69 Å². The van der Waals surface area contributed by atoms with E-state index in [-0.39, 0.29) is 31.6 Å². The Morgan fingerprint density at radius 3 is 2.67 bits per heavy atom. The Hall–Kier alpha value is -2.97. The van der Waals surface area contributed by atoms with Gasteiger partial charge in [0.15, 0.2) is 0 Å². The second-order valence-corrected chi connectivity index (χ2v) is 10.5. The van der Waals surface area contributed by atoms with Crippen molar-refractivity contribution in [2.75, 3.05) is 24.7 Å². The lowest BCUT2D eigenvalue weighted by atomic mass is 9.66. The fraction of sp³-hybridized carbons (Fsp3) is 0.536. The molecule has 36 heavy (non-hydrogen) atoms. The lowest BCUT2D eigenvalue weighted by Crippen LogP contribution is -2.58. The first-order chi connectivity index (χ1) is 17.1. The molecule has 0 radical (unpaired) electrons. The van der Waals surface area contributed by atoms with Gasteiger partial charge in [-0.25, -0.2) is 0 Å². The third-order valence-corrected chi connectivity index (χ3v) is 8.02. The maximum Gasteiger partial charge on any atom is 0.313 e. The molecule has 3 heterocycles. The summed E-state index contributed by atoms with van der Waals surface area (Å²) in [4.78, 5) is 44.7. The predicted octanol–water partition coefficient (Wildman–Crippen LogP) is 2.70. The maximum absolute atomic E-state index is 14.4. The van der Waals surface area contributed by atoms with Crippen LogP contribution in [0.2, 0.25) is 0 Å². The van der Waals surface area contributed by atoms with Crippen LogP contribution in [0, 0.1) is 25.7 Å². The number of amides is 2. The summed E-state index contributed by atoms with van der Waals surface area (Å²) in [5.74, 6) is -2.93. The van der Waals surface area contributed by atoms with Crippen molar-refractivity contribution in [1.82, 2.24) is 4.90 Å². The Morgan fingerprint density at radius 1 is 1.31 bits per heavy atom. The van der Waals surface area contributed by atoms with E-state index in [0.29, 0.717) is 12.8 Å². The average Bonchev–Trinajstić information content (AvgIpc) is 3.42. The van der Waals surface area contributed by atoms with Gasteiger partial charge in [0.1, 0.15) is 24.2 Å². The molecule has 8 heteroatoms. The first kappa shape index (κ1) is 26.1. The van der Waals surface area contributed by atoms with Crippen LogP contribution in [0.3, 0.4) is 0 Å². The molecule has 1 aromatic carbocycles. The number of aliphatic hydroxyl groups is 1. The number of nitrogens with zero attached hydrogens (tertiary/aromatic N) is 2. The number of carbonyl (C=O) groups is 3. The molecule has 8 nitrogen and oxygen atoms in total. The number of esters is 1. The first-order valence-corrected chi connectivity index (χ1v) is 12.5. The van der Waals surface area contributed by atoms with Gasteiger partial charge in [-0.1, -0.05) is 30.9 Å². The molecule has 6 atom stereocenters. The smallest absolute Gasteiger partial charge is 0.313 e. The van der Waals surface area contributed by atoms with Crippen LogP contribution in [0.25, 0.3) is 0 Å². The van der Waals surface area contributed by atoms with E-state index in [9.17, 15) is 19.5 Å². The molecule has 3 saturated heterocycles.